The van der Waals surface area contributed by atoms with Gasteiger partial charge in [-0.15, -0.1) is 0 Å². The highest BCUT2D eigenvalue weighted by Crippen LogP contribution is 2.39. The summed E-state index contributed by atoms with van der Waals surface area (Å²) >= 11 is 8.57. The van der Waals surface area contributed by atoms with E-state index in [2.05, 4.69) is 26.2 Å². The van der Waals surface area contributed by atoms with Crippen molar-refractivity contribution in [3.05, 3.63) is 21.3 Å². The van der Waals surface area contributed by atoms with Gasteiger partial charge in [0, 0.05) is 26.2 Å². The van der Waals surface area contributed by atoms with Crippen LogP contribution in [0.3, 0.4) is 0 Å². The van der Waals surface area contributed by atoms with E-state index >= 15 is 0 Å². The normalized spacial score (nSPS) is 17.1. The van der Waals surface area contributed by atoms with Crippen LogP contribution in [0.5, 0.6) is 0 Å². The van der Waals surface area contributed by atoms with Crippen LogP contribution in [0, 0.1) is 0 Å². The van der Waals surface area contributed by atoms with E-state index < -0.39 is 11.7 Å². The summed E-state index contributed by atoms with van der Waals surface area (Å²) in [6.45, 7) is 2.66. The maximum absolute atomic E-state index is 12.8. The molecular formula is C10H10BrClF3N3. The lowest BCUT2D eigenvalue weighted by molar-refractivity contribution is -0.138. The van der Waals surface area contributed by atoms with Gasteiger partial charge in [-0.25, -0.2) is 4.98 Å². The van der Waals surface area contributed by atoms with Gasteiger partial charge in [-0.3, -0.25) is 0 Å². The Morgan fingerprint density at radius 3 is 2.50 bits per heavy atom. The first-order valence-electron chi connectivity index (χ1n) is 5.28. The molecule has 2 rings (SSSR count). The number of aromatic nitrogens is 1. The molecule has 0 aromatic carbocycles. The van der Waals surface area contributed by atoms with Gasteiger partial charge in [0.25, 0.3) is 0 Å². The highest BCUT2D eigenvalue weighted by Gasteiger charge is 2.35. The number of pyridine rings is 1. The van der Waals surface area contributed by atoms with Crippen molar-refractivity contribution in [3.8, 4) is 0 Å². The second-order valence-corrected chi connectivity index (χ2v) is 5.02. The minimum atomic E-state index is -4.45. The zero-order valence-electron chi connectivity index (χ0n) is 9.19. The molecule has 18 heavy (non-hydrogen) atoms. The van der Waals surface area contributed by atoms with Crippen molar-refractivity contribution in [1.82, 2.24) is 10.3 Å². The number of nitrogens with zero attached hydrogens (tertiary/aromatic N) is 2. The van der Waals surface area contributed by atoms with Crippen LogP contribution in [0.4, 0.5) is 19.0 Å². The quantitative estimate of drug-likeness (QED) is 0.794. The lowest BCUT2D eigenvalue weighted by Gasteiger charge is -2.29. The van der Waals surface area contributed by atoms with Crippen molar-refractivity contribution >= 4 is 33.3 Å². The molecule has 0 bridgehead atoms. The van der Waals surface area contributed by atoms with Crippen molar-refractivity contribution < 1.29 is 13.2 Å². The summed E-state index contributed by atoms with van der Waals surface area (Å²) in [4.78, 5) is 5.77. The molecule has 8 heteroatoms. The van der Waals surface area contributed by atoms with Crippen LogP contribution >= 0.6 is 27.5 Å². The number of alkyl halides is 3. The predicted molar refractivity (Wildman–Crippen MR) is 67.0 cm³/mol. The molecule has 1 aromatic rings. The zero-order valence-corrected chi connectivity index (χ0v) is 11.5. The third-order valence-corrected chi connectivity index (χ3v) is 3.95. The predicted octanol–water partition coefficient (Wildman–Crippen LogP) is 2.93. The van der Waals surface area contributed by atoms with Gasteiger partial charge in [-0.1, -0.05) is 11.6 Å². The maximum atomic E-state index is 12.8. The van der Waals surface area contributed by atoms with E-state index in [4.69, 9.17) is 11.6 Å². The molecule has 1 N–H and O–H groups in total. The Kier molecular flexibility index (Phi) is 4.03. The summed E-state index contributed by atoms with van der Waals surface area (Å²) in [7, 11) is 0. The van der Waals surface area contributed by atoms with Crippen molar-refractivity contribution in [2.45, 2.75) is 6.18 Å². The van der Waals surface area contributed by atoms with E-state index in [0.717, 1.165) is 19.2 Å². The number of piperazine rings is 1. The van der Waals surface area contributed by atoms with E-state index in [1.807, 2.05) is 0 Å². The molecule has 2 heterocycles. The molecule has 3 nitrogen and oxygen atoms in total. The monoisotopic (exact) mass is 343 g/mol. The average molecular weight is 345 g/mol. The van der Waals surface area contributed by atoms with Crippen LogP contribution in [-0.2, 0) is 6.18 Å². The van der Waals surface area contributed by atoms with E-state index in [9.17, 15) is 13.2 Å². The van der Waals surface area contributed by atoms with Gasteiger partial charge in [-0.2, -0.15) is 13.2 Å². The Bertz CT molecular complexity index is 447. The molecule has 0 unspecified atom stereocenters. The fraction of sp³-hybridized carbons (Fsp3) is 0.500. The first kappa shape index (κ1) is 13.9. The number of hydrogen-bond donors (Lipinski definition) is 1. The molecule has 0 saturated carbocycles. The van der Waals surface area contributed by atoms with Crippen LogP contribution < -0.4 is 10.2 Å². The lowest BCUT2D eigenvalue weighted by atomic mass is 10.2. The molecule has 1 fully saturated rings. The molecule has 0 aliphatic carbocycles. The summed E-state index contributed by atoms with van der Waals surface area (Å²) in [6.07, 6.45) is -4.45. The Morgan fingerprint density at radius 2 is 1.94 bits per heavy atom. The zero-order chi connectivity index (χ0) is 13.3. The van der Waals surface area contributed by atoms with Gasteiger partial charge >= 0.3 is 6.18 Å². The minimum Gasteiger partial charge on any atom is -0.354 e. The summed E-state index contributed by atoms with van der Waals surface area (Å²) in [5, 5.41) is 2.95. The fourth-order valence-corrected chi connectivity index (χ4v) is 2.36. The summed E-state index contributed by atoms with van der Waals surface area (Å²) in [6, 6.07) is 1.03. The summed E-state index contributed by atoms with van der Waals surface area (Å²) in [5.74, 6) is 0.261. The molecule has 0 amide bonds. The molecule has 1 aromatic heterocycles. The number of rotatable bonds is 1. The van der Waals surface area contributed by atoms with Crippen LogP contribution in [0.2, 0.25) is 5.15 Å². The molecule has 0 atom stereocenters. The van der Waals surface area contributed by atoms with E-state index in [1.165, 1.54) is 0 Å². The van der Waals surface area contributed by atoms with E-state index in [-0.39, 0.29) is 15.4 Å². The Balaban J connectivity index is 2.40. The second kappa shape index (κ2) is 5.22. The van der Waals surface area contributed by atoms with Crippen molar-refractivity contribution in [3.63, 3.8) is 0 Å². The third-order valence-electron chi connectivity index (χ3n) is 2.65. The number of anilines is 1. The standard InChI is InChI=1S/C10H10BrClF3N3/c11-8-6(10(13,14)15)5-7(17-9(8)12)18-3-1-16-2-4-18/h5,16H,1-4H2. The first-order chi connectivity index (χ1) is 8.39. The first-order valence-corrected chi connectivity index (χ1v) is 6.45. The van der Waals surface area contributed by atoms with Crippen molar-refractivity contribution in [2.24, 2.45) is 0 Å². The van der Waals surface area contributed by atoms with Crippen LogP contribution in [0.25, 0.3) is 0 Å². The number of halogens is 5. The summed E-state index contributed by atoms with van der Waals surface area (Å²) < 4.78 is 38.3. The highest BCUT2D eigenvalue weighted by atomic mass is 79.9. The molecular weight excluding hydrogens is 334 g/mol. The number of hydrogen-bond acceptors (Lipinski definition) is 3. The van der Waals surface area contributed by atoms with Gasteiger partial charge in [0.05, 0.1) is 10.0 Å². The fourth-order valence-electron chi connectivity index (χ4n) is 1.75. The minimum absolute atomic E-state index is 0.168. The molecule has 1 saturated heterocycles. The van der Waals surface area contributed by atoms with E-state index in [0.29, 0.717) is 13.1 Å². The van der Waals surface area contributed by atoms with Crippen molar-refractivity contribution in [2.75, 3.05) is 31.1 Å². The van der Waals surface area contributed by atoms with Gasteiger partial charge in [0.1, 0.15) is 11.0 Å². The Hall–Kier alpha value is -0.530. The SMILES string of the molecule is FC(F)(F)c1cc(N2CCNCC2)nc(Cl)c1Br. The van der Waals surface area contributed by atoms with E-state index in [1.54, 1.807) is 4.90 Å². The Labute approximate surface area is 115 Å². The smallest absolute Gasteiger partial charge is 0.354 e. The van der Waals surface area contributed by atoms with Gasteiger partial charge in [-0.05, 0) is 22.0 Å². The largest absolute Gasteiger partial charge is 0.417 e. The lowest BCUT2D eigenvalue weighted by Crippen LogP contribution is -2.44. The van der Waals surface area contributed by atoms with Gasteiger partial charge in [0.2, 0.25) is 0 Å². The molecule has 0 radical (unpaired) electrons. The van der Waals surface area contributed by atoms with Gasteiger partial charge < -0.3 is 10.2 Å². The van der Waals surface area contributed by atoms with Gasteiger partial charge in [0.15, 0.2) is 0 Å². The highest BCUT2D eigenvalue weighted by molar-refractivity contribution is 9.10. The van der Waals surface area contributed by atoms with Crippen LogP contribution in [0.15, 0.2) is 10.5 Å². The van der Waals surface area contributed by atoms with Crippen LogP contribution in [0.1, 0.15) is 5.56 Å². The summed E-state index contributed by atoms with van der Waals surface area (Å²) in [5.41, 5.74) is -0.795. The second-order valence-electron chi connectivity index (χ2n) is 3.87. The Morgan fingerprint density at radius 1 is 1.33 bits per heavy atom. The van der Waals surface area contributed by atoms with Crippen molar-refractivity contribution in [1.29, 1.82) is 0 Å². The molecule has 1 aliphatic rings. The van der Waals surface area contributed by atoms with Crippen LogP contribution in [-0.4, -0.2) is 31.2 Å². The average Bonchev–Trinajstić information content (AvgIpc) is 2.32. The third kappa shape index (κ3) is 2.89. The molecule has 100 valence electrons. The maximum Gasteiger partial charge on any atom is 0.417 e. The molecule has 1 aliphatic heterocycles. The topological polar surface area (TPSA) is 28.2 Å². The molecule has 0 spiro atoms. The number of nitrogens with one attached hydrogen (secondary N) is 1.